The van der Waals surface area contributed by atoms with E-state index < -0.39 is 6.10 Å². The average molecular weight is 238 g/mol. The van der Waals surface area contributed by atoms with E-state index >= 15 is 0 Å². The fourth-order valence-corrected chi connectivity index (χ4v) is 2.71. The van der Waals surface area contributed by atoms with E-state index in [1.165, 1.54) is 12.8 Å². The number of rotatable bonds is 4. The highest BCUT2D eigenvalue weighted by Crippen LogP contribution is 2.48. The number of aliphatic hydroxyl groups is 1. The van der Waals surface area contributed by atoms with E-state index in [1.54, 1.807) is 0 Å². The molecule has 1 aromatic heterocycles. The fraction of sp³-hybridized carbons (Fsp3) is 0.846. The van der Waals surface area contributed by atoms with Gasteiger partial charge < -0.3 is 9.63 Å². The zero-order valence-corrected chi connectivity index (χ0v) is 10.9. The predicted molar refractivity (Wildman–Crippen MR) is 64.5 cm³/mol. The van der Waals surface area contributed by atoms with Gasteiger partial charge in [-0.25, -0.2) is 0 Å². The maximum absolute atomic E-state index is 9.82. The number of nitrogens with zero attached hydrogens (tertiary/aromatic N) is 2. The lowest BCUT2D eigenvalue weighted by atomic mass is 9.82. The van der Waals surface area contributed by atoms with Gasteiger partial charge in [-0.05, 0) is 24.7 Å². The van der Waals surface area contributed by atoms with Gasteiger partial charge in [0.2, 0.25) is 5.89 Å². The highest BCUT2D eigenvalue weighted by molar-refractivity contribution is 5.04. The molecule has 17 heavy (non-hydrogen) atoms. The lowest BCUT2D eigenvalue weighted by molar-refractivity contribution is 0.152. The molecule has 2 unspecified atom stereocenters. The van der Waals surface area contributed by atoms with Gasteiger partial charge in [0.15, 0.2) is 5.82 Å². The SMILES string of the molecule is CCCC(O)c1noc(C2CCCC2(C)C)n1. The van der Waals surface area contributed by atoms with Gasteiger partial charge in [-0.2, -0.15) is 4.98 Å². The highest BCUT2D eigenvalue weighted by Gasteiger charge is 2.39. The Kier molecular flexibility index (Phi) is 3.52. The third kappa shape index (κ3) is 2.51. The largest absolute Gasteiger partial charge is 0.385 e. The molecule has 1 fully saturated rings. The second-order valence-electron chi connectivity index (χ2n) is 5.73. The molecule has 1 N–H and O–H groups in total. The van der Waals surface area contributed by atoms with E-state index in [-0.39, 0.29) is 5.41 Å². The summed E-state index contributed by atoms with van der Waals surface area (Å²) in [5, 5.41) is 13.7. The van der Waals surface area contributed by atoms with Crippen LogP contribution in [0.1, 0.15) is 76.6 Å². The summed E-state index contributed by atoms with van der Waals surface area (Å²) in [4.78, 5) is 4.38. The first kappa shape index (κ1) is 12.6. The van der Waals surface area contributed by atoms with Crippen LogP contribution in [0.25, 0.3) is 0 Å². The minimum absolute atomic E-state index is 0.236. The van der Waals surface area contributed by atoms with Crippen molar-refractivity contribution in [2.45, 2.75) is 64.9 Å². The maximum atomic E-state index is 9.82. The molecule has 1 aliphatic rings. The molecule has 4 nitrogen and oxygen atoms in total. The first-order valence-electron chi connectivity index (χ1n) is 6.56. The Morgan fingerprint density at radius 2 is 2.29 bits per heavy atom. The Morgan fingerprint density at radius 1 is 1.53 bits per heavy atom. The van der Waals surface area contributed by atoms with Crippen molar-refractivity contribution >= 4 is 0 Å². The minimum atomic E-state index is -0.581. The average Bonchev–Trinajstić information content (AvgIpc) is 2.84. The molecule has 2 rings (SSSR count). The summed E-state index contributed by atoms with van der Waals surface area (Å²) in [6.07, 6.45) is 4.55. The molecule has 0 saturated heterocycles. The van der Waals surface area contributed by atoms with Crippen molar-refractivity contribution in [3.05, 3.63) is 11.7 Å². The van der Waals surface area contributed by atoms with Crippen LogP contribution in [0.15, 0.2) is 4.52 Å². The molecule has 0 radical (unpaired) electrons. The zero-order valence-electron chi connectivity index (χ0n) is 10.9. The van der Waals surface area contributed by atoms with Gasteiger partial charge >= 0.3 is 0 Å². The first-order valence-corrected chi connectivity index (χ1v) is 6.56. The lowest BCUT2D eigenvalue weighted by Crippen LogP contribution is -2.15. The quantitative estimate of drug-likeness (QED) is 0.875. The van der Waals surface area contributed by atoms with Crippen molar-refractivity contribution in [1.29, 1.82) is 0 Å². The summed E-state index contributed by atoms with van der Waals surface area (Å²) in [7, 11) is 0. The normalized spacial score (nSPS) is 25.1. The van der Waals surface area contributed by atoms with E-state index in [2.05, 4.69) is 24.0 Å². The molecule has 0 spiro atoms. The van der Waals surface area contributed by atoms with Crippen LogP contribution in [0.3, 0.4) is 0 Å². The summed E-state index contributed by atoms with van der Waals surface area (Å²) in [5.41, 5.74) is 0.236. The smallest absolute Gasteiger partial charge is 0.230 e. The fourth-order valence-electron chi connectivity index (χ4n) is 2.71. The Labute approximate surface area is 102 Å². The van der Waals surface area contributed by atoms with Crippen LogP contribution < -0.4 is 0 Å². The third-order valence-electron chi connectivity index (χ3n) is 3.87. The highest BCUT2D eigenvalue weighted by atomic mass is 16.5. The van der Waals surface area contributed by atoms with Crippen LogP contribution in [-0.2, 0) is 0 Å². The molecule has 1 aromatic rings. The molecule has 0 amide bonds. The minimum Gasteiger partial charge on any atom is -0.385 e. The van der Waals surface area contributed by atoms with Crippen molar-refractivity contribution in [3.63, 3.8) is 0 Å². The molecule has 1 heterocycles. The van der Waals surface area contributed by atoms with Crippen molar-refractivity contribution in [2.75, 3.05) is 0 Å². The van der Waals surface area contributed by atoms with Crippen molar-refractivity contribution in [2.24, 2.45) is 5.41 Å². The van der Waals surface area contributed by atoms with Gasteiger partial charge in [0.1, 0.15) is 6.10 Å². The first-order chi connectivity index (χ1) is 8.04. The molecule has 0 aliphatic heterocycles. The van der Waals surface area contributed by atoms with E-state index in [1.807, 2.05) is 6.92 Å². The van der Waals surface area contributed by atoms with Crippen LogP contribution in [0.2, 0.25) is 0 Å². The molecule has 0 bridgehead atoms. The maximum Gasteiger partial charge on any atom is 0.230 e. The third-order valence-corrected chi connectivity index (χ3v) is 3.87. The van der Waals surface area contributed by atoms with Gasteiger partial charge in [0, 0.05) is 5.92 Å². The monoisotopic (exact) mass is 238 g/mol. The van der Waals surface area contributed by atoms with E-state index in [0.29, 0.717) is 24.1 Å². The van der Waals surface area contributed by atoms with Gasteiger partial charge in [-0.15, -0.1) is 0 Å². The second-order valence-corrected chi connectivity index (χ2v) is 5.73. The lowest BCUT2D eigenvalue weighted by Gasteiger charge is -2.23. The molecule has 1 aliphatic carbocycles. The summed E-state index contributed by atoms with van der Waals surface area (Å²) < 4.78 is 5.33. The summed E-state index contributed by atoms with van der Waals surface area (Å²) in [5.74, 6) is 1.50. The standard InChI is InChI=1S/C13H22N2O2/c1-4-6-10(16)11-14-12(17-15-11)9-7-5-8-13(9,2)3/h9-10,16H,4-8H2,1-3H3. The van der Waals surface area contributed by atoms with Crippen LogP contribution >= 0.6 is 0 Å². The summed E-state index contributed by atoms with van der Waals surface area (Å²) >= 11 is 0. The van der Waals surface area contributed by atoms with Crippen LogP contribution in [0, 0.1) is 5.41 Å². The molecular weight excluding hydrogens is 216 g/mol. The number of aromatic nitrogens is 2. The number of hydrogen-bond acceptors (Lipinski definition) is 4. The van der Waals surface area contributed by atoms with Crippen LogP contribution in [0.4, 0.5) is 0 Å². The van der Waals surface area contributed by atoms with Crippen LogP contribution in [-0.4, -0.2) is 15.2 Å². The van der Waals surface area contributed by atoms with E-state index in [9.17, 15) is 5.11 Å². The Balaban J connectivity index is 2.13. The Hall–Kier alpha value is -0.900. The van der Waals surface area contributed by atoms with Crippen molar-refractivity contribution < 1.29 is 9.63 Å². The van der Waals surface area contributed by atoms with Gasteiger partial charge in [0.05, 0.1) is 0 Å². The molecule has 1 saturated carbocycles. The molecule has 96 valence electrons. The van der Waals surface area contributed by atoms with Crippen molar-refractivity contribution in [1.82, 2.24) is 10.1 Å². The second kappa shape index (κ2) is 4.77. The Morgan fingerprint density at radius 3 is 2.88 bits per heavy atom. The summed E-state index contributed by atoms with van der Waals surface area (Å²) in [6, 6.07) is 0. The molecule has 4 heteroatoms. The van der Waals surface area contributed by atoms with Gasteiger partial charge in [-0.1, -0.05) is 38.8 Å². The van der Waals surface area contributed by atoms with Crippen LogP contribution in [0.5, 0.6) is 0 Å². The van der Waals surface area contributed by atoms with Gasteiger partial charge in [-0.3, -0.25) is 0 Å². The molecular formula is C13H22N2O2. The molecule has 2 atom stereocenters. The number of hydrogen-bond donors (Lipinski definition) is 1. The molecule has 0 aromatic carbocycles. The van der Waals surface area contributed by atoms with Gasteiger partial charge in [0.25, 0.3) is 0 Å². The zero-order chi connectivity index (χ0) is 12.5. The van der Waals surface area contributed by atoms with Crippen molar-refractivity contribution in [3.8, 4) is 0 Å². The van der Waals surface area contributed by atoms with E-state index in [4.69, 9.17) is 4.52 Å². The number of aliphatic hydroxyl groups excluding tert-OH is 1. The topological polar surface area (TPSA) is 59.2 Å². The predicted octanol–water partition coefficient (Wildman–Crippen LogP) is 3.20. The Bertz CT molecular complexity index is 373. The van der Waals surface area contributed by atoms with E-state index in [0.717, 1.165) is 12.8 Å². The summed E-state index contributed by atoms with van der Waals surface area (Å²) in [6.45, 7) is 6.53.